The fraction of sp³-hybridized carbons (Fsp3) is 0.222. The second-order valence-corrected chi connectivity index (χ2v) is 5.40. The summed E-state index contributed by atoms with van der Waals surface area (Å²) in [5, 5.41) is 0. The van der Waals surface area contributed by atoms with Crippen LogP contribution in [0, 0.1) is 0 Å². The van der Waals surface area contributed by atoms with Crippen molar-refractivity contribution in [2.24, 2.45) is 0 Å². The molecular formula is C18H18N2O2. The molecule has 3 rings (SSSR count). The van der Waals surface area contributed by atoms with Gasteiger partial charge in [0.2, 0.25) is 5.91 Å². The van der Waals surface area contributed by atoms with E-state index in [2.05, 4.69) is 0 Å². The van der Waals surface area contributed by atoms with Gasteiger partial charge in [0, 0.05) is 37.0 Å². The van der Waals surface area contributed by atoms with Crippen molar-refractivity contribution in [2.45, 2.75) is 12.8 Å². The number of carbonyl (C=O) groups excluding carboxylic acids is 2. The lowest BCUT2D eigenvalue weighted by Gasteiger charge is -2.20. The third kappa shape index (κ3) is 2.72. The molecule has 0 unspecified atom stereocenters. The van der Waals surface area contributed by atoms with Crippen LogP contribution in [0.4, 0.5) is 11.4 Å². The first kappa shape index (κ1) is 14.3. The molecule has 2 aromatic rings. The van der Waals surface area contributed by atoms with Gasteiger partial charge in [-0.15, -0.1) is 0 Å². The Morgan fingerprint density at radius 2 is 1.86 bits per heavy atom. The summed E-state index contributed by atoms with van der Waals surface area (Å²) in [5.41, 5.74) is 2.23. The molecule has 22 heavy (non-hydrogen) atoms. The van der Waals surface area contributed by atoms with Gasteiger partial charge in [-0.3, -0.25) is 9.59 Å². The molecule has 4 nitrogen and oxygen atoms in total. The van der Waals surface area contributed by atoms with E-state index < -0.39 is 0 Å². The number of hydrogen-bond donors (Lipinski definition) is 0. The molecule has 1 aliphatic rings. The lowest BCUT2D eigenvalue weighted by molar-refractivity contribution is -0.117. The van der Waals surface area contributed by atoms with Crippen molar-refractivity contribution in [3.8, 4) is 0 Å². The van der Waals surface area contributed by atoms with Crippen molar-refractivity contribution in [1.82, 2.24) is 0 Å². The lowest BCUT2D eigenvalue weighted by atomic mass is 10.1. The summed E-state index contributed by atoms with van der Waals surface area (Å²) in [7, 11) is 1.76. The molecule has 1 fully saturated rings. The van der Waals surface area contributed by atoms with Crippen LogP contribution in [0.5, 0.6) is 0 Å². The van der Waals surface area contributed by atoms with Gasteiger partial charge in [-0.1, -0.05) is 24.3 Å². The van der Waals surface area contributed by atoms with Gasteiger partial charge in [-0.2, -0.15) is 0 Å². The number of rotatable bonds is 3. The molecular weight excluding hydrogens is 276 g/mol. The summed E-state index contributed by atoms with van der Waals surface area (Å²) in [6.45, 7) is 0.727. The maximum absolute atomic E-state index is 12.6. The van der Waals surface area contributed by atoms with Crippen LogP contribution in [0.1, 0.15) is 23.2 Å². The average Bonchev–Trinajstić information content (AvgIpc) is 3.00. The number of amides is 2. The quantitative estimate of drug-likeness (QED) is 0.873. The standard InChI is InChI=1S/C18H18N2O2/c1-19(15-8-3-2-4-9-15)18(22)14-7-5-10-16(13-14)20-12-6-11-17(20)21/h2-5,7-10,13H,6,11-12H2,1H3. The largest absolute Gasteiger partial charge is 0.312 e. The molecule has 2 aromatic carbocycles. The Morgan fingerprint density at radius 3 is 2.55 bits per heavy atom. The molecule has 1 heterocycles. The highest BCUT2D eigenvalue weighted by Gasteiger charge is 2.22. The van der Waals surface area contributed by atoms with E-state index in [4.69, 9.17) is 0 Å². The normalized spacial score (nSPS) is 14.2. The van der Waals surface area contributed by atoms with Crippen molar-refractivity contribution >= 4 is 23.2 Å². The Labute approximate surface area is 130 Å². The summed E-state index contributed by atoms with van der Waals surface area (Å²) in [4.78, 5) is 27.8. The van der Waals surface area contributed by atoms with Crippen LogP contribution in [-0.4, -0.2) is 25.4 Å². The Balaban J connectivity index is 1.85. The van der Waals surface area contributed by atoms with Gasteiger partial charge in [0.25, 0.3) is 5.91 Å². The van der Waals surface area contributed by atoms with E-state index in [1.807, 2.05) is 42.5 Å². The van der Waals surface area contributed by atoms with E-state index in [-0.39, 0.29) is 11.8 Å². The van der Waals surface area contributed by atoms with Crippen LogP contribution < -0.4 is 9.80 Å². The van der Waals surface area contributed by atoms with E-state index in [1.54, 1.807) is 29.0 Å². The predicted molar refractivity (Wildman–Crippen MR) is 87.2 cm³/mol. The molecule has 112 valence electrons. The molecule has 0 aliphatic carbocycles. The maximum Gasteiger partial charge on any atom is 0.258 e. The van der Waals surface area contributed by atoms with E-state index >= 15 is 0 Å². The zero-order valence-electron chi connectivity index (χ0n) is 12.5. The van der Waals surface area contributed by atoms with Crippen molar-refractivity contribution in [1.29, 1.82) is 0 Å². The van der Waals surface area contributed by atoms with Gasteiger partial charge in [0.15, 0.2) is 0 Å². The number of para-hydroxylation sites is 1. The molecule has 0 saturated carbocycles. The van der Waals surface area contributed by atoms with Crippen molar-refractivity contribution in [3.05, 3.63) is 60.2 Å². The second-order valence-electron chi connectivity index (χ2n) is 5.40. The Hall–Kier alpha value is -2.62. The van der Waals surface area contributed by atoms with Crippen LogP contribution in [0.25, 0.3) is 0 Å². The number of nitrogens with zero attached hydrogens (tertiary/aromatic N) is 2. The highest BCUT2D eigenvalue weighted by Crippen LogP contribution is 2.23. The van der Waals surface area contributed by atoms with Crippen LogP contribution in [-0.2, 0) is 4.79 Å². The number of benzene rings is 2. The summed E-state index contributed by atoms with van der Waals surface area (Å²) in [6.07, 6.45) is 1.46. The minimum absolute atomic E-state index is 0.0836. The number of carbonyl (C=O) groups is 2. The van der Waals surface area contributed by atoms with Crippen molar-refractivity contribution in [3.63, 3.8) is 0 Å². The van der Waals surface area contributed by atoms with Crippen molar-refractivity contribution < 1.29 is 9.59 Å². The maximum atomic E-state index is 12.6. The second kappa shape index (κ2) is 6.02. The first-order valence-corrected chi connectivity index (χ1v) is 7.40. The molecule has 2 amide bonds. The molecule has 1 saturated heterocycles. The van der Waals surface area contributed by atoms with Crippen molar-refractivity contribution in [2.75, 3.05) is 23.4 Å². The highest BCUT2D eigenvalue weighted by molar-refractivity contribution is 6.07. The third-order valence-electron chi connectivity index (χ3n) is 3.93. The summed E-state index contributed by atoms with van der Waals surface area (Å²) in [6, 6.07) is 16.8. The molecule has 0 radical (unpaired) electrons. The van der Waals surface area contributed by atoms with Gasteiger partial charge in [0.1, 0.15) is 0 Å². The molecule has 0 aromatic heterocycles. The zero-order valence-corrected chi connectivity index (χ0v) is 12.5. The number of anilines is 2. The average molecular weight is 294 g/mol. The van der Waals surface area contributed by atoms with Gasteiger partial charge < -0.3 is 9.80 Å². The fourth-order valence-electron chi connectivity index (χ4n) is 2.69. The monoisotopic (exact) mass is 294 g/mol. The molecule has 0 spiro atoms. The van der Waals surface area contributed by atoms with E-state index in [0.717, 1.165) is 24.3 Å². The van der Waals surface area contributed by atoms with E-state index in [1.165, 1.54) is 0 Å². The van der Waals surface area contributed by atoms with Gasteiger partial charge >= 0.3 is 0 Å². The topological polar surface area (TPSA) is 40.6 Å². The SMILES string of the molecule is CN(C(=O)c1cccc(N2CCCC2=O)c1)c1ccccc1. The van der Waals surface area contributed by atoms with Crippen LogP contribution in [0.15, 0.2) is 54.6 Å². The molecule has 0 N–H and O–H groups in total. The molecule has 4 heteroatoms. The highest BCUT2D eigenvalue weighted by atomic mass is 16.2. The molecule has 0 bridgehead atoms. The predicted octanol–water partition coefficient (Wildman–Crippen LogP) is 3.09. The van der Waals surface area contributed by atoms with Gasteiger partial charge in [-0.05, 0) is 36.8 Å². The van der Waals surface area contributed by atoms with E-state index in [0.29, 0.717) is 12.0 Å². The summed E-state index contributed by atoms with van der Waals surface area (Å²) >= 11 is 0. The first-order valence-electron chi connectivity index (χ1n) is 7.40. The smallest absolute Gasteiger partial charge is 0.258 e. The lowest BCUT2D eigenvalue weighted by Crippen LogP contribution is -2.27. The first-order chi connectivity index (χ1) is 10.7. The number of hydrogen-bond acceptors (Lipinski definition) is 2. The third-order valence-corrected chi connectivity index (χ3v) is 3.93. The van der Waals surface area contributed by atoms with Crippen LogP contribution in [0.2, 0.25) is 0 Å². The molecule has 0 atom stereocenters. The Kier molecular flexibility index (Phi) is 3.92. The van der Waals surface area contributed by atoms with Crippen LogP contribution in [0.3, 0.4) is 0 Å². The van der Waals surface area contributed by atoms with Gasteiger partial charge in [-0.25, -0.2) is 0 Å². The van der Waals surface area contributed by atoms with Crippen LogP contribution >= 0.6 is 0 Å². The minimum atomic E-state index is -0.0836. The molecule has 1 aliphatic heterocycles. The summed E-state index contributed by atoms with van der Waals surface area (Å²) < 4.78 is 0. The minimum Gasteiger partial charge on any atom is -0.312 e. The fourth-order valence-corrected chi connectivity index (χ4v) is 2.69. The Morgan fingerprint density at radius 1 is 1.09 bits per heavy atom. The Bertz CT molecular complexity index is 697. The summed E-state index contributed by atoms with van der Waals surface area (Å²) in [5.74, 6) is 0.0423. The zero-order chi connectivity index (χ0) is 15.5. The van der Waals surface area contributed by atoms with E-state index in [9.17, 15) is 9.59 Å². The van der Waals surface area contributed by atoms with Gasteiger partial charge in [0.05, 0.1) is 0 Å².